The Hall–Kier alpha value is -1.93. The monoisotopic (exact) mass is 332 g/mol. The van der Waals surface area contributed by atoms with Gasteiger partial charge in [-0.05, 0) is 18.2 Å². The molecule has 0 aliphatic carbocycles. The molecular formula is C12H10ClFN2O4S. The molecule has 0 radical (unpaired) electrons. The van der Waals surface area contributed by atoms with Gasteiger partial charge in [-0.2, -0.15) is 5.10 Å². The van der Waals surface area contributed by atoms with Crippen LogP contribution < -0.4 is 0 Å². The largest absolute Gasteiger partial charge is 0.478 e. The lowest BCUT2D eigenvalue weighted by molar-refractivity contribution is 0.0691. The molecule has 6 nitrogen and oxygen atoms in total. The molecule has 0 unspecified atom stereocenters. The number of carbonyl (C=O) groups is 1. The van der Waals surface area contributed by atoms with Gasteiger partial charge in [0.15, 0.2) is 15.7 Å². The molecule has 0 aliphatic rings. The van der Waals surface area contributed by atoms with Crippen molar-refractivity contribution in [1.29, 1.82) is 0 Å². The van der Waals surface area contributed by atoms with Crippen LogP contribution in [0.25, 0.3) is 0 Å². The van der Waals surface area contributed by atoms with Gasteiger partial charge in [-0.3, -0.25) is 4.68 Å². The summed E-state index contributed by atoms with van der Waals surface area (Å²) < 4.78 is 39.9. The average Bonchev–Trinajstić information content (AvgIpc) is 2.76. The number of aromatic carboxylic acids is 1. The predicted molar refractivity (Wildman–Crippen MR) is 72.5 cm³/mol. The Kier molecular flexibility index (Phi) is 4.02. The second-order valence-electron chi connectivity index (χ2n) is 4.31. The second kappa shape index (κ2) is 5.45. The number of halogens is 2. The molecule has 0 spiro atoms. The van der Waals surface area contributed by atoms with Crippen LogP contribution in [0.4, 0.5) is 4.39 Å². The summed E-state index contributed by atoms with van der Waals surface area (Å²) in [5.74, 6) is -3.48. The zero-order valence-corrected chi connectivity index (χ0v) is 12.3. The minimum absolute atomic E-state index is 0.173. The number of carboxylic acid groups (broad SMARTS) is 1. The first-order chi connectivity index (χ1) is 9.70. The van der Waals surface area contributed by atoms with Crippen molar-refractivity contribution in [3.8, 4) is 0 Å². The van der Waals surface area contributed by atoms with Gasteiger partial charge in [0.1, 0.15) is 4.90 Å². The van der Waals surface area contributed by atoms with Gasteiger partial charge in [0.25, 0.3) is 0 Å². The van der Waals surface area contributed by atoms with Crippen molar-refractivity contribution in [3.05, 3.63) is 46.5 Å². The van der Waals surface area contributed by atoms with Gasteiger partial charge in [-0.25, -0.2) is 17.6 Å². The number of hydrogen-bond acceptors (Lipinski definition) is 4. The van der Waals surface area contributed by atoms with Gasteiger partial charge < -0.3 is 5.11 Å². The van der Waals surface area contributed by atoms with E-state index < -0.39 is 37.8 Å². The molecular weight excluding hydrogens is 323 g/mol. The minimum atomic E-state index is -4.11. The summed E-state index contributed by atoms with van der Waals surface area (Å²) >= 11 is 5.67. The van der Waals surface area contributed by atoms with E-state index in [0.29, 0.717) is 0 Å². The highest BCUT2D eigenvalue weighted by atomic mass is 35.5. The highest BCUT2D eigenvalue weighted by Gasteiger charge is 2.26. The molecule has 1 aromatic heterocycles. The summed E-state index contributed by atoms with van der Waals surface area (Å²) in [7, 11) is -2.50. The van der Waals surface area contributed by atoms with Gasteiger partial charge in [-0.15, -0.1) is 0 Å². The number of hydrogen-bond donors (Lipinski definition) is 1. The van der Waals surface area contributed by atoms with E-state index in [0.717, 1.165) is 12.1 Å². The minimum Gasteiger partial charge on any atom is -0.478 e. The third kappa shape index (κ3) is 3.22. The van der Waals surface area contributed by atoms with E-state index in [1.165, 1.54) is 10.7 Å². The van der Waals surface area contributed by atoms with Crippen LogP contribution in [0, 0.1) is 5.82 Å². The SMILES string of the molecule is Cn1ccc(CS(=O)(=O)c2cc(Cl)cc(C(=O)O)c2F)n1. The first-order valence-electron chi connectivity index (χ1n) is 5.64. The number of rotatable bonds is 4. The number of nitrogens with zero attached hydrogens (tertiary/aromatic N) is 2. The quantitative estimate of drug-likeness (QED) is 0.923. The molecule has 0 fully saturated rings. The lowest BCUT2D eigenvalue weighted by Crippen LogP contribution is -2.11. The zero-order valence-electron chi connectivity index (χ0n) is 10.7. The van der Waals surface area contributed by atoms with Crippen LogP contribution in [0.1, 0.15) is 16.1 Å². The smallest absolute Gasteiger partial charge is 0.338 e. The lowest BCUT2D eigenvalue weighted by Gasteiger charge is -2.07. The molecule has 0 aliphatic heterocycles. The van der Waals surface area contributed by atoms with Gasteiger partial charge in [0.05, 0.1) is 17.0 Å². The topological polar surface area (TPSA) is 89.3 Å². The molecule has 1 N–H and O–H groups in total. The molecule has 1 aromatic carbocycles. The van der Waals surface area contributed by atoms with E-state index in [1.807, 2.05) is 0 Å². The third-order valence-corrected chi connectivity index (χ3v) is 4.54. The Morgan fingerprint density at radius 3 is 2.67 bits per heavy atom. The molecule has 21 heavy (non-hydrogen) atoms. The van der Waals surface area contributed by atoms with Crippen LogP contribution in [0.15, 0.2) is 29.3 Å². The number of aromatic nitrogens is 2. The Morgan fingerprint density at radius 2 is 2.14 bits per heavy atom. The maximum atomic E-state index is 14.1. The highest BCUT2D eigenvalue weighted by molar-refractivity contribution is 7.90. The maximum absolute atomic E-state index is 14.1. The molecule has 9 heteroatoms. The van der Waals surface area contributed by atoms with Crippen molar-refractivity contribution in [1.82, 2.24) is 9.78 Å². The number of aryl methyl sites for hydroxylation is 1. The van der Waals surface area contributed by atoms with E-state index in [1.54, 1.807) is 13.2 Å². The van der Waals surface area contributed by atoms with Crippen molar-refractivity contribution >= 4 is 27.4 Å². The summed E-state index contributed by atoms with van der Waals surface area (Å²) in [6, 6.07) is 3.22. The Labute approximate surface area is 124 Å². The summed E-state index contributed by atoms with van der Waals surface area (Å²) in [6.45, 7) is 0. The molecule has 0 bridgehead atoms. The fraction of sp³-hybridized carbons (Fsp3) is 0.167. The molecule has 0 amide bonds. The van der Waals surface area contributed by atoms with Crippen molar-refractivity contribution in [3.63, 3.8) is 0 Å². The summed E-state index contributed by atoms with van der Waals surface area (Å²) in [5.41, 5.74) is -0.573. The van der Waals surface area contributed by atoms with E-state index >= 15 is 0 Å². The molecule has 0 saturated heterocycles. The average molecular weight is 333 g/mol. The lowest BCUT2D eigenvalue weighted by atomic mass is 10.2. The van der Waals surface area contributed by atoms with E-state index in [9.17, 15) is 17.6 Å². The van der Waals surface area contributed by atoms with Gasteiger partial charge in [0.2, 0.25) is 0 Å². The van der Waals surface area contributed by atoms with Gasteiger partial charge in [-0.1, -0.05) is 11.6 Å². The Bertz CT molecular complexity index is 817. The molecule has 0 atom stereocenters. The fourth-order valence-corrected chi connectivity index (χ4v) is 3.43. The van der Waals surface area contributed by atoms with E-state index in [4.69, 9.17) is 16.7 Å². The standard InChI is InChI=1S/C12H10ClFN2O4S/c1-16-3-2-8(15-16)6-21(19,20)10-5-7(13)4-9(11(10)14)12(17)18/h2-5H,6H2,1H3,(H,17,18). The van der Waals surface area contributed by atoms with Crippen molar-refractivity contribution in [2.24, 2.45) is 7.05 Å². The Morgan fingerprint density at radius 1 is 1.48 bits per heavy atom. The van der Waals surface area contributed by atoms with Crippen LogP contribution in [-0.2, 0) is 22.6 Å². The van der Waals surface area contributed by atoms with Crippen LogP contribution in [0.2, 0.25) is 5.02 Å². The first kappa shape index (κ1) is 15.5. The second-order valence-corrected chi connectivity index (χ2v) is 6.70. The molecule has 112 valence electrons. The van der Waals surface area contributed by atoms with Crippen LogP contribution in [0.3, 0.4) is 0 Å². The summed E-state index contributed by atoms with van der Waals surface area (Å²) in [6.07, 6.45) is 1.54. The van der Waals surface area contributed by atoms with Crippen LogP contribution in [0.5, 0.6) is 0 Å². The van der Waals surface area contributed by atoms with E-state index in [2.05, 4.69) is 5.10 Å². The van der Waals surface area contributed by atoms with Gasteiger partial charge >= 0.3 is 5.97 Å². The Balaban J connectivity index is 2.52. The predicted octanol–water partition coefficient (Wildman–Crippen LogP) is 1.88. The van der Waals surface area contributed by atoms with Crippen molar-refractivity contribution < 1.29 is 22.7 Å². The first-order valence-corrected chi connectivity index (χ1v) is 7.67. The van der Waals surface area contributed by atoms with Gasteiger partial charge in [0, 0.05) is 18.3 Å². The number of sulfone groups is 1. The number of carboxylic acids is 1. The maximum Gasteiger partial charge on any atom is 0.338 e. The van der Waals surface area contributed by atoms with Crippen LogP contribution in [-0.4, -0.2) is 29.3 Å². The van der Waals surface area contributed by atoms with Crippen molar-refractivity contribution in [2.45, 2.75) is 10.6 Å². The van der Waals surface area contributed by atoms with E-state index in [-0.39, 0.29) is 10.7 Å². The molecule has 0 saturated carbocycles. The zero-order chi connectivity index (χ0) is 15.8. The highest BCUT2D eigenvalue weighted by Crippen LogP contribution is 2.26. The molecule has 2 aromatic rings. The molecule has 2 rings (SSSR count). The normalized spacial score (nSPS) is 11.6. The van der Waals surface area contributed by atoms with Crippen molar-refractivity contribution in [2.75, 3.05) is 0 Å². The summed E-state index contributed by atoms with van der Waals surface area (Å²) in [5, 5.41) is 12.6. The summed E-state index contributed by atoms with van der Waals surface area (Å²) in [4.78, 5) is 10.2. The van der Waals surface area contributed by atoms with Crippen LogP contribution >= 0.6 is 11.6 Å². The third-order valence-electron chi connectivity index (χ3n) is 2.68. The molecule has 1 heterocycles. The number of benzene rings is 1. The fourth-order valence-electron chi connectivity index (χ4n) is 1.76.